The molecule has 0 aromatic rings. The van der Waals surface area contributed by atoms with Crippen LogP contribution in [-0.4, -0.2) is 78.4 Å². The molecule has 2 N–H and O–H groups in total. The van der Waals surface area contributed by atoms with E-state index in [4.69, 9.17) is 9.92 Å². The van der Waals surface area contributed by atoms with Crippen LogP contribution < -0.4 is 5.73 Å². The van der Waals surface area contributed by atoms with E-state index in [1.54, 1.807) is 6.92 Å². The third-order valence-electron chi connectivity index (χ3n) is 4.29. The van der Waals surface area contributed by atoms with Crippen LogP contribution in [0.5, 0.6) is 0 Å². The van der Waals surface area contributed by atoms with Gasteiger partial charge in [0.25, 0.3) is 0 Å². The van der Waals surface area contributed by atoms with Gasteiger partial charge in [0.05, 0.1) is 12.5 Å². The van der Waals surface area contributed by atoms with Crippen LogP contribution in [0.1, 0.15) is 104 Å². The SMILES string of the molecule is CCCCCCCCCCCCCCC(C)OS(=O)(=O)OC(=O)CCN.[KH]. The molecule has 0 fully saturated rings. The Morgan fingerprint density at radius 2 is 1.33 bits per heavy atom. The van der Waals surface area contributed by atoms with E-state index in [0.29, 0.717) is 6.42 Å². The van der Waals surface area contributed by atoms with Crippen molar-refractivity contribution in [2.75, 3.05) is 6.54 Å². The normalized spacial score (nSPS) is 12.4. The van der Waals surface area contributed by atoms with Gasteiger partial charge in [-0.1, -0.05) is 84.0 Å². The average molecular weight is 434 g/mol. The van der Waals surface area contributed by atoms with E-state index < -0.39 is 22.5 Å². The molecule has 0 aliphatic carbocycles. The molecule has 0 aromatic carbocycles. The van der Waals surface area contributed by atoms with Crippen molar-refractivity contribution in [1.82, 2.24) is 0 Å². The van der Waals surface area contributed by atoms with Crippen molar-refractivity contribution in [3.8, 4) is 0 Å². The first-order valence-corrected chi connectivity index (χ1v) is 11.6. The summed E-state index contributed by atoms with van der Waals surface area (Å²) in [5.74, 6) is -0.884. The summed E-state index contributed by atoms with van der Waals surface area (Å²) in [5.41, 5.74) is 5.17. The fourth-order valence-corrected chi connectivity index (χ4v) is 3.66. The van der Waals surface area contributed by atoms with Crippen LogP contribution in [0.3, 0.4) is 0 Å². The van der Waals surface area contributed by atoms with Gasteiger partial charge in [0.15, 0.2) is 0 Å². The third-order valence-corrected chi connectivity index (χ3v) is 5.24. The van der Waals surface area contributed by atoms with E-state index in [-0.39, 0.29) is 64.4 Å². The summed E-state index contributed by atoms with van der Waals surface area (Å²) < 4.78 is 32.2. The number of nitrogens with two attached hydrogens (primary N) is 1. The Morgan fingerprint density at radius 1 is 0.889 bits per heavy atom. The Labute approximate surface area is 209 Å². The van der Waals surface area contributed by atoms with Crippen LogP contribution in [-0.2, 0) is 23.6 Å². The molecule has 27 heavy (non-hydrogen) atoms. The third kappa shape index (κ3) is 21.5. The molecule has 0 rings (SSSR count). The minimum absolute atomic E-state index is 0. The maximum absolute atomic E-state index is 11.5. The fourth-order valence-electron chi connectivity index (χ4n) is 2.82. The zero-order valence-electron chi connectivity index (χ0n) is 16.7. The summed E-state index contributed by atoms with van der Waals surface area (Å²) in [6.45, 7) is 3.96. The van der Waals surface area contributed by atoms with E-state index in [1.165, 1.54) is 64.2 Å². The van der Waals surface area contributed by atoms with Crippen molar-refractivity contribution in [3.63, 3.8) is 0 Å². The van der Waals surface area contributed by atoms with E-state index in [9.17, 15) is 13.2 Å². The van der Waals surface area contributed by atoms with Gasteiger partial charge in [-0.25, -0.2) is 4.18 Å². The molecule has 0 radical (unpaired) electrons. The van der Waals surface area contributed by atoms with Crippen molar-refractivity contribution < 1.29 is 21.6 Å². The monoisotopic (exact) mass is 433 g/mol. The Bertz CT molecular complexity index is 445. The summed E-state index contributed by atoms with van der Waals surface area (Å²) in [6.07, 6.45) is 15.1. The molecule has 0 bridgehead atoms. The molecular formula is C19H40KNO5S. The first kappa shape index (κ1) is 30.2. The quantitative estimate of drug-likeness (QED) is 0.259. The van der Waals surface area contributed by atoms with Crippen molar-refractivity contribution in [3.05, 3.63) is 0 Å². The fraction of sp³-hybridized carbons (Fsp3) is 0.947. The van der Waals surface area contributed by atoms with Gasteiger partial charge in [0.2, 0.25) is 0 Å². The van der Waals surface area contributed by atoms with Crippen LogP contribution in [0.15, 0.2) is 0 Å². The number of carbonyl (C=O) groups excluding carboxylic acids is 1. The molecule has 1 atom stereocenters. The summed E-state index contributed by atoms with van der Waals surface area (Å²) in [6, 6.07) is 0. The molecule has 0 saturated heterocycles. The van der Waals surface area contributed by atoms with Crippen molar-refractivity contribution in [2.24, 2.45) is 5.73 Å². The Hall–Kier alpha value is 0.976. The van der Waals surface area contributed by atoms with E-state index in [2.05, 4.69) is 11.1 Å². The van der Waals surface area contributed by atoms with Gasteiger partial charge in [-0.05, 0) is 13.3 Å². The molecule has 6 nitrogen and oxygen atoms in total. The van der Waals surface area contributed by atoms with Gasteiger partial charge >= 0.3 is 67.8 Å². The molecule has 0 aliphatic rings. The van der Waals surface area contributed by atoms with Gasteiger partial charge < -0.3 is 9.92 Å². The zero-order valence-corrected chi connectivity index (χ0v) is 17.5. The van der Waals surface area contributed by atoms with Crippen LogP contribution in [0, 0.1) is 0 Å². The Kier molecular flexibility index (Phi) is 22.6. The van der Waals surface area contributed by atoms with Crippen LogP contribution in [0.4, 0.5) is 0 Å². The first-order valence-electron chi connectivity index (χ1n) is 10.3. The summed E-state index contributed by atoms with van der Waals surface area (Å²) in [7, 11) is -4.27. The minimum atomic E-state index is -4.27. The molecule has 0 spiro atoms. The molecular weight excluding hydrogens is 393 g/mol. The predicted molar refractivity (Wildman–Crippen MR) is 112 cm³/mol. The summed E-state index contributed by atoms with van der Waals surface area (Å²) >= 11 is 0. The van der Waals surface area contributed by atoms with Gasteiger partial charge in [0.1, 0.15) is 0 Å². The number of carbonyl (C=O) groups is 1. The number of hydrogen-bond donors (Lipinski definition) is 1. The van der Waals surface area contributed by atoms with Crippen LogP contribution in [0.25, 0.3) is 0 Å². The van der Waals surface area contributed by atoms with Gasteiger partial charge in [0, 0.05) is 6.54 Å². The number of rotatable bonds is 18. The van der Waals surface area contributed by atoms with Gasteiger partial charge in [-0.2, -0.15) is 8.42 Å². The van der Waals surface area contributed by atoms with E-state index in [0.717, 1.165) is 12.8 Å². The van der Waals surface area contributed by atoms with Crippen molar-refractivity contribution in [1.29, 1.82) is 0 Å². The second-order valence-corrected chi connectivity index (χ2v) is 8.16. The molecule has 0 heterocycles. The predicted octanol–water partition coefficient (Wildman–Crippen LogP) is 3.97. The van der Waals surface area contributed by atoms with Gasteiger partial charge in [-0.15, -0.1) is 0 Å². The number of hydrogen-bond acceptors (Lipinski definition) is 6. The Balaban J connectivity index is 0. The van der Waals surface area contributed by atoms with Crippen molar-refractivity contribution in [2.45, 2.75) is 110 Å². The zero-order chi connectivity index (χ0) is 19.7. The summed E-state index contributed by atoms with van der Waals surface area (Å²) in [5, 5.41) is 0. The van der Waals surface area contributed by atoms with E-state index in [1.807, 2.05) is 0 Å². The molecule has 158 valence electrons. The van der Waals surface area contributed by atoms with Crippen molar-refractivity contribution >= 4 is 67.8 Å². The van der Waals surface area contributed by atoms with Crippen LogP contribution in [0.2, 0.25) is 0 Å². The molecule has 0 aliphatic heterocycles. The Morgan fingerprint density at radius 3 is 1.78 bits per heavy atom. The maximum atomic E-state index is 11.5. The van der Waals surface area contributed by atoms with Gasteiger partial charge in [-0.3, -0.25) is 4.79 Å². The van der Waals surface area contributed by atoms with E-state index >= 15 is 0 Å². The second kappa shape index (κ2) is 20.3. The molecule has 0 amide bonds. The first-order chi connectivity index (χ1) is 12.4. The van der Waals surface area contributed by atoms with Crippen LogP contribution >= 0.6 is 0 Å². The standard InChI is InChI=1S/C19H39NO5S.K.H/c1-3-4-5-6-7-8-9-10-11-12-13-14-15-18(2)24-26(22,23)25-19(21)16-17-20;;/h18H,3-17,20H2,1-2H3;;. The average Bonchev–Trinajstić information content (AvgIpc) is 2.55. The second-order valence-electron chi connectivity index (χ2n) is 6.99. The number of unbranched alkanes of at least 4 members (excludes halogenated alkanes) is 11. The molecule has 8 heteroatoms. The topological polar surface area (TPSA) is 95.7 Å². The molecule has 1 unspecified atom stereocenters. The molecule has 0 aromatic heterocycles. The summed E-state index contributed by atoms with van der Waals surface area (Å²) in [4.78, 5) is 11.2. The molecule has 0 saturated carbocycles.